The maximum absolute atomic E-state index is 13.4. The van der Waals surface area contributed by atoms with E-state index in [2.05, 4.69) is 11.9 Å². The summed E-state index contributed by atoms with van der Waals surface area (Å²) in [5.74, 6) is 0.444. The van der Waals surface area contributed by atoms with E-state index in [1.54, 1.807) is 23.2 Å². The van der Waals surface area contributed by atoms with Crippen molar-refractivity contribution in [2.75, 3.05) is 31.1 Å². The van der Waals surface area contributed by atoms with Crippen LogP contribution in [0.5, 0.6) is 5.75 Å². The Kier molecular flexibility index (Phi) is 5.41. The van der Waals surface area contributed by atoms with E-state index in [9.17, 15) is 14.0 Å². The number of hydrogen-bond donors (Lipinski definition) is 0. The Morgan fingerprint density at radius 1 is 1.28 bits per heavy atom. The lowest BCUT2D eigenvalue weighted by molar-refractivity contribution is -0.133. The minimum Gasteiger partial charge on any atom is -0.480 e. The zero-order chi connectivity index (χ0) is 20.5. The number of carbonyl (C=O) groups is 2. The van der Waals surface area contributed by atoms with Gasteiger partial charge in [0, 0.05) is 24.8 Å². The Labute approximate surface area is 173 Å². The molecule has 2 amide bonds. The Hall–Kier alpha value is -2.67. The van der Waals surface area contributed by atoms with Crippen molar-refractivity contribution in [3.63, 3.8) is 0 Å². The highest BCUT2D eigenvalue weighted by Crippen LogP contribution is 2.34. The van der Waals surface area contributed by atoms with Crippen LogP contribution in [0.15, 0.2) is 30.5 Å². The smallest absolute Gasteiger partial charge is 0.266 e. The highest BCUT2D eigenvalue weighted by atomic mass is 35.5. The molecular weight excluding hydrogens is 397 g/mol. The normalized spacial score (nSPS) is 17.1. The molecule has 0 atom stereocenters. The molecule has 2 aliphatic rings. The molecule has 1 aromatic heterocycles. The number of benzene rings is 1. The van der Waals surface area contributed by atoms with Crippen LogP contribution < -0.4 is 9.64 Å². The Balaban J connectivity index is 1.56. The minimum absolute atomic E-state index is 0.0133. The van der Waals surface area contributed by atoms with E-state index in [-0.39, 0.29) is 30.0 Å². The number of pyridine rings is 1. The molecule has 0 aliphatic carbocycles. The number of ether oxygens (including phenoxy) is 1. The molecule has 1 aromatic carbocycles. The molecular formula is C21H21ClFN3O3. The first-order valence-corrected chi connectivity index (χ1v) is 9.96. The van der Waals surface area contributed by atoms with Crippen molar-refractivity contribution in [2.24, 2.45) is 5.92 Å². The molecule has 2 aromatic rings. The van der Waals surface area contributed by atoms with Crippen LogP contribution in [0.25, 0.3) is 11.1 Å². The van der Waals surface area contributed by atoms with Gasteiger partial charge in [-0.1, -0.05) is 24.6 Å². The number of likely N-dealkylation sites (tertiary alicyclic amines) is 1. The lowest BCUT2D eigenvalue weighted by Gasteiger charge is -2.33. The van der Waals surface area contributed by atoms with Crippen LogP contribution in [0, 0.1) is 11.7 Å². The van der Waals surface area contributed by atoms with Gasteiger partial charge >= 0.3 is 0 Å². The van der Waals surface area contributed by atoms with Gasteiger partial charge in [0.1, 0.15) is 12.4 Å². The standard InChI is InChI=1S/C21H21ClFN3O3/c1-13-4-6-25(7-5-13)19(27)11-26-20(28)12-29-18-9-15(10-24-21(18)26)14-2-3-17(23)16(22)8-14/h2-3,8-10,13H,4-7,11-12H2,1H3. The van der Waals surface area contributed by atoms with Crippen LogP contribution in [0.3, 0.4) is 0 Å². The monoisotopic (exact) mass is 417 g/mol. The van der Waals surface area contributed by atoms with Crippen molar-refractivity contribution in [1.82, 2.24) is 9.88 Å². The second kappa shape index (κ2) is 7.99. The second-order valence-electron chi connectivity index (χ2n) is 7.51. The summed E-state index contributed by atoms with van der Waals surface area (Å²) in [5, 5.41) is 0.0133. The molecule has 2 aliphatic heterocycles. The average Bonchev–Trinajstić information content (AvgIpc) is 2.72. The van der Waals surface area contributed by atoms with Gasteiger partial charge in [-0.15, -0.1) is 0 Å². The van der Waals surface area contributed by atoms with Gasteiger partial charge < -0.3 is 9.64 Å². The molecule has 1 fully saturated rings. The quantitative estimate of drug-likeness (QED) is 0.766. The molecule has 0 radical (unpaired) electrons. The molecule has 29 heavy (non-hydrogen) atoms. The SMILES string of the molecule is CC1CCN(C(=O)CN2C(=O)COc3cc(-c4ccc(F)c(Cl)c4)cnc32)CC1. The van der Waals surface area contributed by atoms with Crippen molar-refractivity contribution >= 4 is 29.2 Å². The van der Waals surface area contributed by atoms with E-state index >= 15 is 0 Å². The van der Waals surface area contributed by atoms with E-state index < -0.39 is 5.82 Å². The summed E-state index contributed by atoms with van der Waals surface area (Å²) >= 11 is 5.87. The maximum Gasteiger partial charge on any atom is 0.266 e. The van der Waals surface area contributed by atoms with Crippen LogP contribution >= 0.6 is 11.6 Å². The third-order valence-electron chi connectivity index (χ3n) is 5.42. The van der Waals surface area contributed by atoms with Gasteiger partial charge in [-0.05, 0) is 42.5 Å². The third kappa shape index (κ3) is 4.05. The van der Waals surface area contributed by atoms with Crippen LogP contribution in [0.2, 0.25) is 5.02 Å². The Morgan fingerprint density at radius 3 is 2.76 bits per heavy atom. The molecule has 152 valence electrons. The van der Waals surface area contributed by atoms with Crippen LogP contribution in [0.1, 0.15) is 19.8 Å². The summed E-state index contributed by atoms with van der Waals surface area (Å²) in [6, 6.07) is 6.11. The molecule has 1 saturated heterocycles. The number of aromatic nitrogens is 1. The fraction of sp³-hybridized carbons (Fsp3) is 0.381. The summed E-state index contributed by atoms with van der Waals surface area (Å²) in [4.78, 5) is 32.6. The molecule has 0 N–H and O–H groups in total. The fourth-order valence-electron chi connectivity index (χ4n) is 3.57. The van der Waals surface area contributed by atoms with Crippen molar-refractivity contribution < 1.29 is 18.7 Å². The highest BCUT2D eigenvalue weighted by Gasteiger charge is 2.31. The van der Waals surface area contributed by atoms with Gasteiger partial charge in [0.25, 0.3) is 5.91 Å². The molecule has 8 heteroatoms. The summed E-state index contributed by atoms with van der Waals surface area (Å²) in [5.41, 5.74) is 1.36. The van der Waals surface area contributed by atoms with Crippen molar-refractivity contribution in [1.29, 1.82) is 0 Å². The summed E-state index contributed by atoms with van der Waals surface area (Å²) < 4.78 is 19.0. The van der Waals surface area contributed by atoms with E-state index in [1.807, 2.05) is 0 Å². The van der Waals surface area contributed by atoms with Gasteiger partial charge in [-0.2, -0.15) is 0 Å². The number of anilines is 1. The summed E-state index contributed by atoms with van der Waals surface area (Å²) in [6.45, 7) is 3.39. The summed E-state index contributed by atoms with van der Waals surface area (Å²) in [6.07, 6.45) is 3.51. The molecule has 6 nitrogen and oxygen atoms in total. The topological polar surface area (TPSA) is 62.7 Å². The Bertz CT molecular complexity index is 960. The number of hydrogen-bond acceptors (Lipinski definition) is 4. The van der Waals surface area contributed by atoms with Gasteiger partial charge in [0.15, 0.2) is 18.2 Å². The first-order chi connectivity index (χ1) is 13.9. The highest BCUT2D eigenvalue weighted by molar-refractivity contribution is 6.31. The van der Waals surface area contributed by atoms with E-state index in [1.165, 1.54) is 17.0 Å². The predicted molar refractivity (Wildman–Crippen MR) is 107 cm³/mol. The number of piperidine rings is 1. The maximum atomic E-state index is 13.4. The number of amides is 2. The molecule has 4 rings (SSSR count). The third-order valence-corrected chi connectivity index (χ3v) is 5.71. The molecule has 0 saturated carbocycles. The first-order valence-electron chi connectivity index (χ1n) is 9.59. The lowest BCUT2D eigenvalue weighted by Crippen LogP contribution is -2.48. The van der Waals surface area contributed by atoms with Gasteiger partial charge in [0.2, 0.25) is 5.91 Å². The minimum atomic E-state index is -0.500. The summed E-state index contributed by atoms with van der Waals surface area (Å²) in [7, 11) is 0. The molecule has 0 bridgehead atoms. The lowest BCUT2D eigenvalue weighted by atomic mass is 9.99. The number of halogens is 2. The van der Waals surface area contributed by atoms with Crippen molar-refractivity contribution in [3.05, 3.63) is 41.3 Å². The van der Waals surface area contributed by atoms with E-state index in [4.69, 9.17) is 16.3 Å². The van der Waals surface area contributed by atoms with Crippen molar-refractivity contribution in [3.8, 4) is 16.9 Å². The van der Waals surface area contributed by atoms with Gasteiger partial charge in [-0.25, -0.2) is 9.37 Å². The largest absolute Gasteiger partial charge is 0.480 e. The average molecular weight is 418 g/mol. The van der Waals surface area contributed by atoms with Crippen LogP contribution in [0.4, 0.5) is 10.2 Å². The van der Waals surface area contributed by atoms with Crippen LogP contribution in [-0.2, 0) is 9.59 Å². The molecule has 0 unspecified atom stereocenters. The predicted octanol–water partition coefficient (Wildman–Crippen LogP) is 3.53. The molecule has 3 heterocycles. The molecule has 0 spiro atoms. The number of fused-ring (bicyclic) bond motifs is 1. The van der Waals surface area contributed by atoms with Gasteiger partial charge in [-0.3, -0.25) is 14.5 Å². The zero-order valence-corrected chi connectivity index (χ0v) is 16.8. The van der Waals surface area contributed by atoms with Crippen LogP contribution in [-0.4, -0.2) is 47.9 Å². The fourth-order valence-corrected chi connectivity index (χ4v) is 3.75. The number of nitrogens with zero attached hydrogens (tertiary/aromatic N) is 3. The van der Waals surface area contributed by atoms with E-state index in [0.29, 0.717) is 41.7 Å². The van der Waals surface area contributed by atoms with Crippen molar-refractivity contribution in [2.45, 2.75) is 19.8 Å². The number of carbonyl (C=O) groups excluding carboxylic acids is 2. The zero-order valence-electron chi connectivity index (χ0n) is 16.0. The van der Waals surface area contributed by atoms with Gasteiger partial charge in [0.05, 0.1) is 5.02 Å². The first kappa shape index (κ1) is 19.6. The Morgan fingerprint density at radius 2 is 2.03 bits per heavy atom. The van der Waals surface area contributed by atoms with E-state index in [0.717, 1.165) is 12.8 Å². The second-order valence-corrected chi connectivity index (χ2v) is 7.91. The number of rotatable bonds is 3.